The second-order valence-corrected chi connectivity index (χ2v) is 3.84. The number of nitriles is 1. The minimum absolute atomic E-state index is 0.120. The van der Waals surface area contributed by atoms with Gasteiger partial charge in [-0.25, -0.2) is 4.39 Å². The molecule has 1 rings (SSSR count). The summed E-state index contributed by atoms with van der Waals surface area (Å²) in [5.74, 6) is -0.336. The number of nitrogens with zero attached hydrogens (tertiary/aromatic N) is 1. The van der Waals surface area contributed by atoms with Crippen LogP contribution in [-0.4, -0.2) is 12.5 Å². The number of rotatable bonds is 5. The van der Waals surface area contributed by atoms with Crippen molar-refractivity contribution in [3.05, 3.63) is 35.1 Å². The van der Waals surface area contributed by atoms with Crippen molar-refractivity contribution in [1.82, 2.24) is 5.32 Å². The summed E-state index contributed by atoms with van der Waals surface area (Å²) in [6.45, 7) is 2.22. The molecule has 3 nitrogen and oxygen atoms in total. The molecular formula is C13H15FN2O. The van der Waals surface area contributed by atoms with Crippen molar-refractivity contribution in [3.63, 3.8) is 0 Å². The summed E-state index contributed by atoms with van der Waals surface area (Å²) >= 11 is 0. The lowest BCUT2D eigenvalue weighted by Gasteiger charge is -2.05. The molecule has 0 bridgehead atoms. The summed E-state index contributed by atoms with van der Waals surface area (Å²) in [5, 5.41) is 11.0. The van der Waals surface area contributed by atoms with Gasteiger partial charge in [-0.05, 0) is 30.5 Å². The molecule has 0 saturated heterocycles. The Morgan fingerprint density at radius 3 is 2.94 bits per heavy atom. The second-order valence-electron chi connectivity index (χ2n) is 3.84. The molecule has 1 aromatic carbocycles. The van der Waals surface area contributed by atoms with Gasteiger partial charge in [0.1, 0.15) is 5.82 Å². The predicted octanol–water partition coefficient (Wildman–Crippen LogP) is 2.10. The van der Waals surface area contributed by atoms with Crippen molar-refractivity contribution in [2.75, 3.05) is 6.54 Å². The molecule has 17 heavy (non-hydrogen) atoms. The molecule has 0 fully saturated rings. The van der Waals surface area contributed by atoms with Gasteiger partial charge in [-0.15, -0.1) is 0 Å². The summed E-state index contributed by atoms with van der Waals surface area (Å²) in [6.07, 6.45) is 1.14. The van der Waals surface area contributed by atoms with Crippen LogP contribution >= 0.6 is 0 Å². The van der Waals surface area contributed by atoms with Crippen LogP contribution in [0.25, 0.3) is 0 Å². The van der Waals surface area contributed by atoms with Crippen LogP contribution in [0.1, 0.15) is 24.0 Å². The third-order valence-corrected chi connectivity index (χ3v) is 2.42. The van der Waals surface area contributed by atoms with E-state index < -0.39 is 0 Å². The van der Waals surface area contributed by atoms with Gasteiger partial charge in [0.2, 0.25) is 5.91 Å². The largest absolute Gasteiger partial charge is 0.356 e. The summed E-state index contributed by atoms with van der Waals surface area (Å²) in [5.41, 5.74) is 1.60. The van der Waals surface area contributed by atoms with E-state index in [0.717, 1.165) is 5.56 Å². The van der Waals surface area contributed by atoms with E-state index in [1.807, 2.05) is 6.07 Å². The quantitative estimate of drug-likeness (QED) is 0.848. The van der Waals surface area contributed by atoms with Crippen molar-refractivity contribution in [3.8, 4) is 6.07 Å². The number of nitrogens with one attached hydrogen (secondary N) is 1. The fourth-order valence-corrected chi connectivity index (χ4v) is 1.47. The van der Waals surface area contributed by atoms with Crippen LogP contribution in [0.15, 0.2) is 18.2 Å². The number of halogens is 1. The maximum absolute atomic E-state index is 13.0. The molecule has 1 aromatic rings. The minimum atomic E-state index is -0.216. The average Bonchev–Trinajstić information content (AvgIpc) is 2.31. The van der Waals surface area contributed by atoms with Crippen LogP contribution in [0.3, 0.4) is 0 Å². The van der Waals surface area contributed by atoms with Crippen LogP contribution < -0.4 is 5.32 Å². The average molecular weight is 234 g/mol. The lowest BCUT2D eigenvalue weighted by atomic mass is 10.1. The molecule has 0 unspecified atom stereocenters. The highest BCUT2D eigenvalue weighted by Gasteiger charge is 2.01. The van der Waals surface area contributed by atoms with E-state index in [0.29, 0.717) is 18.5 Å². The Hall–Kier alpha value is -1.89. The van der Waals surface area contributed by atoms with Crippen molar-refractivity contribution in [2.45, 2.75) is 26.2 Å². The van der Waals surface area contributed by atoms with Crippen molar-refractivity contribution < 1.29 is 9.18 Å². The van der Waals surface area contributed by atoms with Gasteiger partial charge in [-0.2, -0.15) is 5.26 Å². The number of benzene rings is 1. The number of hydrogen-bond acceptors (Lipinski definition) is 2. The molecule has 0 aromatic heterocycles. The van der Waals surface area contributed by atoms with Crippen molar-refractivity contribution >= 4 is 5.91 Å². The standard InChI is InChI=1S/C13H15FN2O/c1-10-9-11(4-5-12(10)14)6-8-16-13(17)3-2-7-15/h4-5,9H,2-3,6,8H2,1H3,(H,16,17). The van der Waals surface area contributed by atoms with Gasteiger partial charge in [0.25, 0.3) is 0 Å². The third kappa shape index (κ3) is 4.64. The topological polar surface area (TPSA) is 52.9 Å². The molecule has 0 saturated carbocycles. The number of carbonyl (C=O) groups is 1. The van der Waals surface area contributed by atoms with Gasteiger partial charge in [-0.3, -0.25) is 4.79 Å². The van der Waals surface area contributed by atoms with Gasteiger partial charge in [0.05, 0.1) is 6.07 Å². The first-order valence-corrected chi connectivity index (χ1v) is 5.52. The Labute approximate surface area is 100 Å². The Morgan fingerprint density at radius 1 is 1.53 bits per heavy atom. The zero-order valence-corrected chi connectivity index (χ0v) is 9.79. The Bertz CT molecular complexity index is 438. The van der Waals surface area contributed by atoms with Crippen LogP contribution in [-0.2, 0) is 11.2 Å². The maximum atomic E-state index is 13.0. The van der Waals surface area contributed by atoms with E-state index in [4.69, 9.17) is 5.26 Å². The summed E-state index contributed by atoms with van der Waals surface area (Å²) < 4.78 is 13.0. The Balaban J connectivity index is 2.33. The smallest absolute Gasteiger partial charge is 0.221 e. The fourth-order valence-electron chi connectivity index (χ4n) is 1.47. The molecule has 0 heterocycles. The van der Waals surface area contributed by atoms with Gasteiger partial charge in [-0.1, -0.05) is 12.1 Å². The number of hydrogen-bond donors (Lipinski definition) is 1. The Morgan fingerprint density at radius 2 is 2.29 bits per heavy atom. The molecule has 90 valence electrons. The molecule has 0 atom stereocenters. The number of carbonyl (C=O) groups excluding carboxylic acids is 1. The molecule has 0 aliphatic heterocycles. The highest BCUT2D eigenvalue weighted by Crippen LogP contribution is 2.09. The van der Waals surface area contributed by atoms with Crippen LogP contribution in [0.2, 0.25) is 0 Å². The van der Waals surface area contributed by atoms with E-state index in [1.54, 1.807) is 19.1 Å². The second kappa shape index (κ2) is 6.64. The minimum Gasteiger partial charge on any atom is -0.356 e. The fraction of sp³-hybridized carbons (Fsp3) is 0.385. The van der Waals surface area contributed by atoms with E-state index in [1.165, 1.54) is 6.07 Å². The van der Waals surface area contributed by atoms with Gasteiger partial charge in [0.15, 0.2) is 0 Å². The molecule has 1 amide bonds. The molecule has 4 heteroatoms. The highest BCUT2D eigenvalue weighted by atomic mass is 19.1. The van der Waals surface area contributed by atoms with Crippen molar-refractivity contribution in [1.29, 1.82) is 5.26 Å². The molecular weight excluding hydrogens is 219 g/mol. The molecule has 0 aliphatic rings. The lowest BCUT2D eigenvalue weighted by molar-refractivity contribution is -0.120. The molecule has 1 N–H and O–H groups in total. The summed E-state index contributed by atoms with van der Waals surface area (Å²) in [7, 11) is 0. The lowest BCUT2D eigenvalue weighted by Crippen LogP contribution is -2.25. The summed E-state index contributed by atoms with van der Waals surface area (Å²) in [6, 6.07) is 6.84. The van der Waals surface area contributed by atoms with Gasteiger partial charge in [0, 0.05) is 19.4 Å². The zero-order chi connectivity index (χ0) is 12.7. The van der Waals surface area contributed by atoms with E-state index in [2.05, 4.69) is 5.32 Å². The molecule has 0 spiro atoms. The third-order valence-electron chi connectivity index (χ3n) is 2.42. The predicted molar refractivity (Wildman–Crippen MR) is 62.7 cm³/mol. The van der Waals surface area contributed by atoms with Gasteiger partial charge < -0.3 is 5.32 Å². The monoisotopic (exact) mass is 234 g/mol. The first-order chi connectivity index (χ1) is 8.13. The molecule has 0 aliphatic carbocycles. The van der Waals surface area contributed by atoms with Crippen molar-refractivity contribution in [2.24, 2.45) is 0 Å². The van der Waals surface area contributed by atoms with E-state index in [9.17, 15) is 9.18 Å². The zero-order valence-electron chi connectivity index (χ0n) is 9.79. The van der Waals surface area contributed by atoms with Crippen LogP contribution in [0.5, 0.6) is 0 Å². The molecule has 0 radical (unpaired) electrons. The Kier molecular flexibility index (Phi) is 5.15. The number of amides is 1. The van der Waals surface area contributed by atoms with Crippen LogP contribution in [0, 0.1) is 24.1 Å². The first kappa shape index (κ1) is 13.2. The maximum Gasteiger partial charge on any atom is 0.221 e. The van der Waals surface area contributed by atoms with Gasteiger partial charge >= 0.3 is 0 Å². The normalized spacial score (nSPS) is 9.71. The SMILES string of the molecule is Cc1cc(CCNC(=O)CCC#N)ccc1F. The number of aryl methyl sites for hydroxylation is 1. The first-order valence-electron chi connectivity index (χ1n) is 5.52. The highest BCUT2D eigenvalue weighted by molar-refractivity contribution is 5.76. The van der Waals surface area contributed by atoms with E-state index in [-0.39, 0.29) is 24.6 Å². The summed E-state index contributed by atoms with van der Waals surface area (Å²) in [4.78, 5) is 11.2. The van der Waals surface area contributed by atoms with E-state index >= 15 is 0 Å². The van der Waals surface area contributed by atoms with Crippen LogP contribution in [0.4, 0.5) is 4.39 Å².